The molecule has 0 unspecified atom stereocenters. The van der Waals surface area contributed by atoms with Crippen LogP contribution >= 0.6 is 11.6 Å². The van der Waals surface area contributed by atoms with Crippen molar-refractivity contribution in [1.29, 1.82) is 0 Å². The first-order chi connectivity index (χ1) is 17.9. The molecule has 0 atom stereocenters. The summed E-state index contributed by atoms with van der Waals surface area (Å²) in [6.45, 7) is 4.62. The molecule has 0 saturated carbocycles. The molecule has 1 aromatic heterocycles. The lowest BCUT2D eigenvalue weighted by atomic mass is 9.90. The Hall–Kier alpha value is -3.22. The number of fused-ring (bicyclic) bond motifs is 1. The SMILES string of the molecule is CC/C(=C(/c1ccc(OCCN2CC(CF)C2)cc1)c1cc2cc(F)ccc2[nH]1)c1ccc(F)cc1Cl. The van der Waals surface area contributed by atoms with Gasteiger partial charge in [-0.2, -0.15) is 0 Å². The van der Waals surface area contributed by atoms with E-state index in [0.717, 1.165) is 64.3 Å². The Labute approximate surface area is 219 Å². The zero-order chi connectivity index (χ0) is 25.9. The first-order valence-electron chi connectivity index (χ1n) is 12.4. The summed E-state index contributed by atoms with van der Waals surface area (Å²) in [4.78, 5) is 5.59. The summed E-state index contributed by atoms with van der Waals surface area (Å²) in [6.07, 6.45) is 0.637. The summed E-state index contributed by atoms with van der Waals surface area (Å²) in [7, 11) is 0. The quantitative estimate of drug-likeness (QED) is 0.227. The largest absolute Gasteiger partial charge is 0.492 e. The molecule has 1 aliphatic rings. The molecule has 5 rings (SSSR count). The number of aromatic nitrogens is 1. The topological polar surface area (TPSA) is 28.3 Å². The normalized spacial score (nSPS) is 15.1. The lowest BCUT2D eigenvalue weighted by molar-refractivity contribution is 0.0668. The van der Waals surface area contributed by atoms with Crippen LogP contribution in [0.1, 0.15) is 30.2 Å². The Bertz CT molecular complexity index is 1420. The highest BCUT2D eigenvalue weighted by Gasteiger charge is 2.25. The Kier molecular flexibility index (Phi) is 7.58. The zero-order valence-electron chi connectivity index (χ0n) is 20.5. The molecule has 0 aliphatic carbocycles. The molecule has 7 heteroatoms. The molecule has 1 saturated heterocycles. The number of allylic oxidation sites excluding steroid dienone is 1. The van der Waals surface area contributed by atoms with E-state index in [9.17, 15) is 13.2 Å². The highest BCUT2D eigenvalue weighted by Crippen LogP contribution is 2.38. The molecule has 1 N–H and O–H groups in total. The molecular formula is C30H28ClF3N2O. The number of nitrogens with zero attached hydrogens (tertiary/aromatic N) is 1. The number of nitrogens with one attached hydrogen (secondary N) is 1. The third-order valence-electron chi connectivity index (χ3n) is 6.83. The van der Waals surface area contributed by atoms with Gasteiger partial charge in [-0.15, -0.1) is 0 Å². The fourth-order valence-electron chi connectivity index (χ4n) is 4.93. The summed E-state index contributed by atoms with van der Waals surface area (Å²) in [5.74, 6) is 0.197. The van der Waals surface area contributed by atoms with Crippen LogP contribution in [-0.4, -0.2) is 42.8 Å². The second kappa shape index (κ2) is 11.0. The van der Waals surface area contributed by atoms with Crippen LogP contribution in [0.5, 0.6) is 5.75 Å². The monoisotopic (exact) mass is 524 g/mol. The van der Waals surface area contributed by atoms with Crippen molar-refractivity contribution in [2.45, 2.75) is 13.3 Å². The van der Waals surface area contributed by atoms with E-state index in [4.69, 9.17) is 16.3 Å². The Morgan fingerprint density at radius 1 is 1.00 bits per heavy atom. The molecule has 0 radical (unpaired) electrons. The Morgan fingerprint density at radius 3 is 2.43 bits per heavy atom. The second-order valence-electron chi connectivity index (χ2n) is 9.40. The summed E-state index contributed by atoms with van der Waals surface area (Å²) in [5.41, 5.74) is 5.13. The van der Waals surface area contributed by atoms with Crippen LogP contribution in [0.3, 0.4) is 0 Å². The van der Waals surface area contributed by atoms with Crippen LogP contribution in [0.2, 0.25) is 5.02 Å². The van der Waals surface area contributed by atoms with Gasteiger partial charge in [0.25, 0.3) is 0 Å². The minimum atomic E-state index is -0.396. The van der Waals surface area contributed by atoms with Crippen LogP contribution in [0, 0.1) is 17.6 Å². The van der Waals surface area contributed by atoms with E-state index in [1.165, 1.54) is 24.3 Å². The van der Waals surface area contributed by atoms with Crippen LogP contribution in [0.25, 0.3) is 22.0 Å². The average Bonchev–Trinajstić information content (AvgIpc) is 3.27. The average molecular weight is 525 g/mol. The standard InChI is InChI=1S/C30H28ClF3N2O/c1-2-25(26-9-5-23(34)15-27(26)31)30(29-14-21-13-22(33)6-10-28(21)35-29)20-3-7-24(8-4-20)37-12-11-36-17-19(16-32)18-36/h3-10,13-15,19,35H,2,11-12,16-18H2,1H3/b30-25+. The van der Waals surface area contributed by atoms with E-state index in [-0.39, 0.29) is 18.4 Å². The maximum absolute atomic E-state index is 13.9. The summed E-state index contributed by atoms with van der Waals surface area (Å²) in [5, 5.41) is 1.09. The first-order valence-corrected chi connectivity index (χ1v) is 12.8. The van der Waals surface area contributed by atoms with Gasteiger partial charge in [0.05, 0.1) is 11.7 Å². The van der Waals surface area contributed by atoms with E-state index in [2.05, 4.69) is 9.88 Å². The number of hydrogen-bond acceptors (Lipinski definition) is 2. The lowest BCUT2D eigenvalue weighted by Crippen LogP contribution is -2.49. The zero-order valence-corrected chi connectivity index (χ0v) is 21.3. The van der Waals surface area contributed by atoms with Gasteiger partial charge in [-0.3, -0.25) is 9.29 Å². The van der Waals surface area contributed by atoms with E-state index in [0.29, 0.717) is 18.1 Å². The number of rotatable bonds is 9. The van der Waals surface area contributed by atoms with Crippen molar-refractivity contribution in [2.24, 2.45) is 5.92 Å². The van der Waals surface area contributed by atoms with Gasteiger partial charge in [0.15, 0.2) is 0 Å². The molecule has 3 nitrogen and oxygen atoms in total. The molecule has 3 aromatic carbocycles. The Morgan fingerprint density at radius 2 is 1.73 bits per heavy atom. The van der Waals surface area contributed by atoms with Crippen molar-refractivity contribution < 1.29 is 17.9 Å². The molecule has 37 heavy (non-hydrogen) atoms. The second-order valence-corrected chi connectivity index (χ2v) is 9.81. The fraction of sp³-hybridized carbons (Fsp3) is 0.267. The van der Waals surface area contributed by atoms with Gasteiger partial charge in [-0.05, 0) is 71.7 Å². The predicted molar refractivity (Wildman–Crippen MR) is 144 cm³/mol. The maximum Gasteiger partial charge on any atom is 0.124 e. The van der Waals surface area contributed by atoms with Crippen LogP contribution in [0.15, 0.2) is 66.7 Å². The number of ether oxygens (including phenoxy) is 1. The minimum absolute atomic E-state index is 0.160. The van der Waals surface area contributed by atoms with Crippen LogP contribution in [-0.2, 0) is 0 Å². The number of likely N-dealkylation sites (tertiary alicyclic amines) is 1. The van der Waals surface area contributed by atoms with Gasteiger partial charge in [0.2, 0.25) is 0 Å². The number of benzene rings is 3. The molecule has 1 fully saturated rings. The molecule has 0 bridgehead atoms. The van der Waals surface area contributed by atoms with Crippen LogP contribution < -0.4 is 4.74 Å². The van der Waals surface area contributed by atoms with Crippen molar-refractivity contribution in [3.8, 4) is 5.75 Å². The predicted octanol–water partition coefficient (Wildman–Crippen LogP) is 7.75. The highest BCUT2D eigenvalue weighted by atomic mass is 35.5. The molecule has 1 aliphatic heterocycles. The summed E-state index contributed by atoms with van der Waals surface area (Å²) >= 11 is 6.49. The third kappa shape index (κ3) is 5.55. The fourth-order valence-corrected chi connectivity index (χ4v) is 5.22. The molecule has 192 valence electrons. The molecule has 0 spiro atoms. The van der Waals surface area contributed by atoms with Crippen molar-refractivity contribution in [3.63, 3.8) is 0 Å². The van der Waals surface area contributed by atoms with E-state index in [1.54, 1.807) is 12.1 Å². The van der Waals surface area contributed by atoms with Gasteiger partial charge in [0, 0.05) is 47.7 Å². The van der Waals surface area contributed by atoms with Crippen molar-refractivity contribution in [2.75, 3.05) is 32.9 Å². The van der Waals surface area contributed by atoms with Crippen molar-refractivity contribution >= 4 is 33.7 Å². The van der Waals surface area contributed by atoms with Gasteiger partial charge in [0.1, 0.15) is 24.0 Å². The van der Waals surface area contributed by atoms with Gasteiger partial charge < -0.3 is 9.72 Å². The minimum Gasteiger partial charge on any atom is -0.492 e. The Balaban J connectivity index is 1.48. The first kappa shape index (κ1) is 25.4. The van der Waals surface area contributed by atoms with Gasteiger partial charge in [-0.1, -0.05) is 36.7 Å². The van der Waals surface area contributed by atoms with E-state index < -0.39 is 5.82 Å². The maximum atomic E-state index is 13.9. The number of aromatic amines is 1. The summed E-state index contributed by atoms with van der Waals surface area (Å²) in [6, 6.07) is 18.8. The summed E-state index contributed by atoms with van der Waals surface area (Å²) < 4.78 is 46.3. The van der Waals surface area contributed by atoms with Crippen molar-refractivity contribution in [3.05, 3.63) is 100 Å². The number of alkyl halides is 1. The molecule has 4 aromatic rings. The number of H-pyrrole nitrogens is 1. The van der Waals surface area contributed by atoms with Crippen molar-refractivity contribution in [1.82, 2.24) is 9.88 Å². The van der Waals surface area contributed by atoms with Crippen LogP contribution in [0.4, 0.5) is 13.2 Å². The highest BCUT2D eigenvalue weighted by molar-refractivity contribution is 6.32. The van der Waals surface area contributed by atoms with Gasteiger partial charge >= 0.3 is 0 Å². The number of halogens is 4. The van der Waals surface area contributed by atoms with E-state index >= 15 is 0 Å². The van der Waals surface area contributed by atoms with Gasteiger partial charge in [-0.25, -0.2) is 8.78 Å². The van der Waals surface area contributed by atoms with E-state index in [1.807, 2.05) is 37.3 Å². The number of hydrogen-bond donors (Lipinski definition) is 1. The third-order valence-corrected chi connectivity index (χ3v) is 7.15. The smallest absolute Gasteiger partial charge is 0.124 e. The molecular weight excluding hydrogens is 497 g/mol. The molecule has 0 amide bonds. The lowest BCUT2D eigenvalue weighted by Gasteiger charge is -2.37. The molecule has 2 heterocycles.